The highest BCUT2D eigenvalue weighted by molar-refractivity contribution is 5.77. The number of hydrogen-bond acceptors (Lipinski definition) is 3. The number of hydrogen-bond donors (Lipinski definition) is 2. The lowest BCUT2D eigenvalue weighted by Crippen LogP contribution is -2.55. The SMILES string of the molecule is CCC(CC(=N)N)N1CCC2C(CCCN2C)C1. The molecule has 0 spiro atoms. The zero-order valence-corrected chi connectivity index (χ0v) is 11.9. The molecule has 0 aromatic rings. The highest BCUT2D eigenvalue weighted by Crippen LogP contribution is 2.31. The monoisotopic (exact) mass is 252 g/mol. The van der Waals surface area contributed by atoms with Crippen molar-refractivity contribution in [2.75, 3.05) is 26.7 Å². The van der Waals surface area contributed by atoms with E-state index in [4.69, 9.17) is 11.1 Å². The molecular weight excluding hydrogens is 224 g/mol. The lowest BCUT2D eigenvalue weighted by atomic mass is 9.83. The standard InChI is InChI=1S/C14H28N4/c1-3-12(9-14(15)16)18-8-6-13-11(10-18)5-4-7-17(13)2/h11-13H,3-10H2,1-2H3,(H3,15,16). The Balaban J connectivity index is 1.94. The van der Waals surface area contributed by atoms with Gasteiger partial charge in [0.05, 0.1) is 5.84 Å². The first kappa shape index (κ1) is 13.8. The summed E-state index contributed by atoms with van der Waals surface area (Å²) in [4.78, 5) is 5.14. The molecule has 0 aromatic heterocycles. The summed E-state index contributed by atoms with van der Waals surface area (Å²) >= 11 is 0. The van der Waals surface area contributed by atoms with E-state index in [9.17, 15) is 0 Å². The van der Waals surface area contributed by atoms with Gasteiger partial charge in [-0.1, -0.05) is 6.92 Å². The second kappa shape index (κ2) is 6.02. The van der Waals surface area contributed by atoms with E-state index >= 15 is 0 Å². The van der Waals surface area contributed by atoms with Crippen molar-refractivity contribution < 1.29 is 0 Å². The van der Waals surface area contributed by atoms with Gasteiger partial charge in [-0.3, -0.25) is 10.3 Å². The third-order valence-corrected chi connectivity index (χ3v) is 4.82. The number of nitrogens with one attached hydrogen (secondary N) is 1. The molecule has 2 saturated heterocycles. The Labute approximate surface area is 111 Å². The normalized spacial score (nSPS) is 31.9. The third-order valence-electron chi connectivity index (χ3n) is 4.82. The van der Waals surface area contributed by atoms with Crippen LogP contribution in [0.1, 0.15) is 39.0 Å². The molecule has 0 aliphatic carbocycles. The van der Waals surface area contributed by atoms with E-state index < -0.39 is 0 Å². The summed E-state index contributed by atoms with van der Waals surface area (Å²) in [7, 11) is 2.28. The summed E-state index contributed by atoms with van der Waals surface area (Å²) in [6.45, 7) is 5.87. The zero-order chi connectivity index (χ0) is 13.1. The molecule has 2 aliphatic heterocycles. The third kappa shape index (κ3) is 3.04. The van der Waals surface area contributed by atoms with E-state index in [1.165, 1.54) is 38.9 Å². The van der Waals surface area contributed by atoms with Gasteiger partial charge in [0.15, 0.2) is 0 Å². The smallest absolute Gasteiger partial charge is 0.0921 e. The topological polar surface area (TPSA) is 56.4 Å². The van der Waals surface area contributed by atoms with E-state index in [0.717, 1.165) is 24.8 Å². The van der Waals surface area contributed by atoms with E-state index in [1.807, 2.05) is 0 Å². The lowest BCUT2D eigenvalue weighted by Gasteiger charge is -2.48. The van der Waals surface area contributed by atoms with Gasteiger partial charge in [0.2, 0.25) is 0 Å². The van der Waals surface area contributed by atoms with Crippen molar-refractivity contribution in [1.29, 1.82) is 5.41 Å². The largest absolute Gasteiger partial charge is 0.388 e. The van der Waals surface area contributed by atoms with Crippen molar-refractivity contribution in [3.63, 3.8) is 0 Å². The Morgan fingerprint density at radius 2 is 2.17 bits per heavy atom. The quantitative estimate of drug-likeness (QED) is 0.589. The molecule has 104 valence electrons. The summed E-state index contributed by atoms with van der Waals surface area (Å²) in [5, 5.41) is 7.50. The fourth-order valence-corrected chi connectivity index (χ4v) is 3.80. The van der Waals surface area contributed by atoms with Crippen LogP contribution in [0, 0.1) is 11.3 Å². The van der Waals surface area contributed by atoms with Gasteiger partial charge in [0.1, 0.15) is 0 Å². The van der Waals surface area contributed by atoms with Gasteiger partial charge < -0.3 is 10.6 Å². The molecule has 0 amide bonds. The summed E-state index contributed by atoms with van der Waals surface area (Å²) < 4.78 is 0. The fourth-order valence-electron chi connectivity index (χ4n) is 3.80. The van der Waals surface area contributed by atoms with Gasteiger partial charge in [-0.2, -0.15) is 0 Å². The molecule has 2 aliphatic rings. The van der Waals surface area contributed by atoms with Crippen LogP contribution in [0.15, 0.2) is 0 Å². The molecule has 0 radical (unpaired) electrons. The van der Waals surface area contributed by atoms with Gasteiger partial charge in [-0.05, 0) is 51.7 Å². The van der Waals surface area contributed by atoms with Crippen LogP contribution >= 0.6 is 0 Å². The maximum atomic E-state index is 7.50. The van der Waals surface area contributed by atoms with Crippen LogP contribution in [-0.2, 0) is 0 Å². The number of nitrogens with two attached hydrogens (primary N) is 1. The fraction of sp³-hybridized carbons (Fsp3) is 0.929. The molecule has 0 bridgehead atoms. The van der Waals surface area contributed by atoms with Gasteiger partial charge in [0, 0.05) is 25.0 Å². The van der Waals surface area contributed by atoms with E-state index in [-0.39, 0.29) is 0 Å². The van der Waals surface area contributed by atoms with Crippen LogP contribution < -0.4 is 5.73 Å². The molecule has 3 N–H and O–H groups in total. The first-order valence-electron chi connectivity index (χ1n) is 7.39. The van der Waals surface area contributed by atoms with Gasteiger partial charge >= 0.3 is 0 Å². The van der Waals surface area contributed by atoms with Crippen molar-refractivity contribution in [3.8, 4) is 0 Å². The molecule has 3 unspecified atom stereocenters. The molecule has 3 atom stereocenters. The second-order valence-corrected chi connectivity index (χ2v) is 6.03. The first-order chi connectivity index (χ1) is 8.61. The molecule has 2 fully saturated rings. The number of piperidine rings is 2. The van der Waals surface area contributed by atoms with Crippen LogP contribution in [0.25, 0.3) is 0 Å². The highest BCUT2D eigenvalue weighted by Gasteiger charge is 2.35. The van der Waals surface area contributed by atoms with E-state index in [2.05, 4.69) is 23.8 Å². The van der Waals surface area contributed by atoms with Crippen LogP contribution in [0.3, 0.4) is 0 Å². The number of fused-ring (bicyclic) bond motifs is 1. The maximum Gasteiger partial charge on any atom is 0.0921 e. The summed E-state index contributed by atoms with van der Waals surface area (Å²) in [5.41, 5.74) is 5.58. The Hall–Kier alpha value is -0.610. The molecule has 0 aromatic carbocycles. The predicted octanol–water partition coefficient (Wildman–Crippen LogP) is 1.51. The summed E-state index contributed by atoms with van der Waals surface area (Å²) in [6.07, 6.45) is 5.85. The van der Waals surface area contributed by atoms with Gasteiger partial charge in [0.25, 0.3) is 0 Å². The maximum absolute atomic E-state index is 7.50. The van der Waals surface area contributed by atoms with Crippen molar-refractivity contribution >= 4 is 5.84 Å². The van der Waals surface area contributed by atoms with Crippen LogP contribution in [0.5, 0.6) is 0 Å². The second-order valence-electron chi connectivity index (χ2n) is 6.03. The average molecular weight is 252 g/mol. The van der Waals surface area contributed by atoms with E-state index in [0.29, 0.717) is 11.9 Å². The highest BCUT2D eigenvalue weighted by atomic mass is 15.2. The Morgan fingerprint density at radius 3 is 2.83 bits per heavy atom. The first-order valence-corrected chi connectivity index (χ1v) is 7.39. The number of nitrogens with zero attached hydrogens (tertiary/aromatic N) is 2. The summed E-state index contributed by atoms with van der Waals surface area (Å²) in [5.74, 6) is 1.17. The van der Waals surface area contributed by atoms with Crippen molar-refractivity contribution in [1.82, 2.24) is 9.80 Å². The van der Waals surface area contributed by atoms with Gasteiger partial charge in [-0.25, -0.2) is 0 Å². The summed E-state index contributed by atoms with van der Waals surface area (Å²) in [6, 6.07) is 1.28. The van der Waals surface area contributed by atoms with Crippen molar-refractivity contribution in [2.24, 2.45) is 11.7 Å². The predicted molar refractivity (Wildman–Crippen MR) is 75.9 cm³/mol. The van der Waals surface area contributed by atoms with Crippen LogP contribution in [0.2, 0.25) is 0 Å². The molecular formula is C14H28N4. The minimum Gasteiger partial charge on any atom is -0.388 e. The Bertz CT molecular complexity index is 292. The minimum atomic E-state index is 0.338. The van der Waals surface area contributed by atoms with Crippen LogP contribution in [-0.4, -0.2) is 54.4 Å². The Kier molecular flexibility index (Phi) is 4.62. The number of likely N-dealkylation sites (tertiary alicyclic amines) is 2. The van der Waals surface area contributed by atoms with Crippen molar-refractivity contribution in [3.05, 3.63) is 0 Å². The average Bonchev–Trinajstić information content (AvgIpc) is 2.35. The molecule has 4 nitrogen and oxygen atoms in total. The Morgan fingerprint density at radius 1 is 1.39 bits per heavy atom. The molecule has 18 heavy (non-hydrogen) atoms. The molecule has 2 rings (SSSR count). The van der Waals surface area contributed by atoms with Crippen LogP contribution in [0.4, 0.5) is 0 Å². The van der Waals surface area contributed by atoms with E-state index in [1.54, 1.807) is 0 Å². The molecule has 2 heterocycles. The lowest BCUT2D eigenvalue weighted by molar-refractivity contribution is 0.0205. The van der Waals surface area contributed by atoms with Gasteiger partial charge in [-0.15, -0.1) is 0 Å². The number of rotatable bonds is 4. The molecule has 0 saturated carbocycles. The molecule has 4 heteroatoms. The zero-order valence-electron chi connectivity index (χ0n) is 11.9. The minimum absolute atomic E-state index is 0.338. The number of amidine groups is 1. The van der Waals surface area contributed by atoms with Crippen molar-refractivity contribution in [2.45, 2.75) is 51.1 Å².